The van der Waals surface area contributed by atoms with Gasteiger partial charge < -0.3 is 20.1 Å². The molecule has 5 heteroatoms. The van der Waals surface area contributed by atoms with Crippen LogP contribution in [0.2, 0.25) is 0 Å². The van der Waals surface area contributed by atoms with E-state index in [1.807, 2.05) is 6.20 Å². The minimum atomic E-state index is 0.136. The number of H-pyrrole nitrogens is 1. The zero-order valence-corrected chi connectivity index (χ0v) is 13.5. The summed E-state index contributed by atoms with van der Waals surface area (Å²) >= 11 is 0. The van der Waals surface area contributed by atoms with Crippen molar-refractivity contribution in [1.82, 2.24) is 25.1 Å². The molecule has 0 radical (unpaired) electrons. The van der Waals surface area contributed by atoms with Crippen LogP contribution in [-0.4, -0.2) is 65.1 Å². The summed E-state index contributed by atoms with van der Waals surface area (Å²) in [4.78, 5) is 12.8. The SMILES string of the molecule is CN1CCN(C)C(Cc2ncc(CNC(C)(C)C)[nH]2)C1. The molecule has 1 aliphatic rings. The van der Waals surface area contributed by atoms with Crippen LogP contribution in [0.3, 0.4) is 0 Å². The average Bonchev–Trinajstić information content (AvgIpc) is 2.78. The average molecular weight is 279 g/mol. The fourth-order valence-corrected chi connectivity index (χ4v) is 2.50. The highest BCUT2D eigenvalue weighted by atomic mass is 15.3. The zero-order valence-electron chi connectivity index (χ0n) is 13.5. The lowest BCUT2D eigenvalue weighted by Crippen LogP contribution is -2.50. The molecule has 1 saturated heterocycles. The zero-order chi connectivity index (χ0) is 14.8. The number of rotatable bonds is 4. The maximum atomic E-state index is 4.53. The minimum absolute atomic E-state index is 0.136. The van der Waals surface area contributed by atoms with E-state index in [2.05, 4.69) is 60.0 Å². The summed E-state index contributed by atoms with van der Waals surface area (Å²) in [5.41, 5.74) is 1.30. The number of nitrogens with one attached hydrogen (secondary N) is 2. The van der Waals surface area contributed by atoms with E-state index in [-0.39, 0.29) is 5.54 Å². The number of piperazine rings is 1. The van der Waals surface area contributed by atoms with Crippen LogP contribution in [0, 0.1) is 0 Å². The van der Waals surface area contributed by atoms with Crippen LogP contribution in [0.4, 0.5) is 0 Å². The van der Waals surface area contributed by atoms with E-state index in [9.17, 15) is 0 Å². The normalized spacial score (nSPS) is 22.4. The molecule has 0 amide bonds. The van der Waals surface area contributed by atoms with Gasteiger partial charge in [-0.05, 0) is 34.9 Å². The highest BCUT2D eigenvalue weighted by Gasteiger charge is 2.23. The second-order valence-electron chi connectivity index (χ2n) is 7.06. The van der Waals surface area contributed by atoms with Gasteiger partial charge in [-0.15, -0.1) is 0 Å². The van der Waals surface area contributed by atoms with Crippen molar-refractivity contribution >= 4 is 0 Å². The monoisotopic (exact) mass is 279 g/mol. The molecule has 2 heterocycles. The van der Waals surface area contributed by atoms with Crippen molar-refractivity contribution < 1.29 is 0 Å². The Hall–Kier alpha value is -0.910. The Morgan fingerprint density at radius 1 is 1.35 bits per heavy atom. The maximum Gasteiger partial charge on any atom is 0.107 e. The van der Waals surface area contributed by atoms with Crippen LogP contribution in [0.1, 0.15) is 32.3 Å². The van der Waals surface area contributed by atoms with Crippen molar-refractivity contribution in [2.45, 2.75) is 45.3 Å². The molecule has 0 aliphatic carbocycles. The van der Waals surface area contributed by atoms with Crippen LogP contribution < -0.4 is 5.32 Å². The highest BCUT2D eigenvalue weighted by molar-refractivity contribution is 5.03. The first kappa shape index (κ1) is 15.5. The second-order valence-corrected chi connectivity index (χ2v) is 7.06. The third-order valence-electron chi connectivity index (χ3n) is 3.90. The van der Waals surface area contributed by atoms with E-state index in [0.717, 1.165) is 38.4 Å². The van der Waals surface area contributed by atoms with Gasteiger partial charge in [0.15, 0.2) is 0 Å². The van der Waals surface area contributed by atoms with Gasteiger partial charge in [-0.3, -0.25) is 0 Å². The van der Waals surface area contributed by atoms with Crippen LogP contribution >= 0.6 is 0 Å². The molecule has 1 aromatic rings. The maximum absolute atomic E-state index is 4.53. The predicted octanol–water partition coefficient (Wildman–Crippen LogP) is 1.09. The molecule has 20 heavy (non-hydrogen) atoms. The molecular weight excluding hydrogens is 250 g/mol. The molecule has 2 N–H and O–H groups in total. The first-order valence-corrected chi connectivity index (χ1v) is 7.50. The Morgan fingerprint density at radius 3 is 2.80 bits per heavy atom. The van der Waals surface area contributed by atoms with Gasteiger partial charge in [0.1, 0.15) is 5.82 Å². The number of aromatic nitrogens is 2. The Bertz CT molecular complexity index is 420. The fraction of sp³-hybridized carbons (Fsp3) is 0.800. The van der Waals surface area contributed by atoms with Crippen molar-refractivity contribution in [3.8, 4) is 0 Å². The number of aromatic amines is 1. The van der Waals surface area contributed by atoms with E-state index >= 15 is 0 Å². The van der Waals surface area contributed by atoms with Gasteiger partial charge in [0, 0.05) is 56.1 Å². The molecule has 114 valence electrons. The summed E-state index contributed by atoms with van der Waals surface area (Å²) in [6.07, 6.45) is 2.96. The van der Waals surface area contributed by atoms with Gasteiger partial charge in [-0.1, -0.05) is 0 Å². The van der Waals surface area contributed by atoms with E-state index in [0.29, 0.717) is 6.04 Å². The van der Waals surface area contributed by atoms with Gasteiger partial charge in [0.25, 0.3) is 0 Å². The number of hydrogen-bond donors (Lipinski definition) is 2. The third kappa shape index (κ3) is 4.58. The molecule has 0 bridgehead atoms. The third-order valence-corrected chi connectivity index (χ3v) is 3.90. The first-order chi connectivity index (χ1) is 9.33. The number of imidazole rings is 1. The van der Waals surface area contributed by atoms with Crippen LogP contribution in [0.15, 0.2) is 6.20 Å². The Balaban J connectivity index is 1.89. The van der Waals surface area contributed by atoms with E-state index in [4.69, 9.17) is 0 Å². The summed E-state index contributed by atoms with van der Waals surface area (Å²) in [5, 5.41) is 3.48. The quantitative estimate of drug-likeness (QED) is 0.866. The summed E-state index contributed by atoms with van der Waals surface area (Å²) in [5.74, 6) is 1.10. The topological polar surface area (TPSA) is 47.2 Å². The standard InChI is InChI=1S/C15H29N5/c1-15(2,3)17-10-12-9-16-14(18-12)8-13-11-19(4)6-7-20(13)5/h9,13,17H,6-8,10-11H2,1-5H3,(H,16,18). The van der Waals surface area contributed by atoms with Gasteiger partial charge >= 0.3 is 0 Å². The van der Waals surface area contributed by atoms with E-state index in [1.54, 1.807) is 0 Å². The lowest BCUT2D eigenvalue weighted by atomic mass is 10.1. The highest BCUT2D eigenvalue weighted by Crippen LogP contribution is 2.11. The molecule has 0 saturated carbocycles. The Labute approximate surface area is 122 Å². The molecule has 0 spiro atoms. The van der Waals surface area contributed by atoms with Crippen molar-refractivity contribution in [3.05, 3.63) is 17.7 Å². The molecule has 1 aliphatic heterocycles. The molecule has 2 rings (SSSR count). The second kappa shape index (κ2) is 6.24. The van der Waals surface area contributed by atoms with E-state index in [1.165, 1.54) is 5.69 Å². The molecule has 1 fully saturated rings. The van der Waals surface area contributed by atoms with Crippen LogP contribution in [0.25, 0.3) is 0 Å². The lowest BCUT2D eigenvalue weighted by Gasteiger charge is -2.37. The number of nitrogens with zero attached hydrogens (tertiary/aromatic N) is 3. The molecule has 0 aromatic carbocycles. The first-order valence-electron chi connectivity index (χ1n) is 7.50. The van der Waals surface area contributed by atoms with Gasteiger partial charge in [-0.2, -0.15) is 0 Å². The lowest BCUT2D eigenvalue weighted by molar-refractivity contribution is 0.113. The predicted molar refractivity (Wildman–Crippen MR) is 82.8 cm³/mol. The molecular formula is C15H29N5. The van der Waals surface area contributed by atoms with Crippen molar-refractivity contribution in [1.29, 1.82) is 0 Å². The van der Waals surface area contributed by atoms with Crippen LogP contribution in [-0.2, 0) is 13.0 Å². The molecule has 1 atom stereocenters. The Morgan fingerprint density at radius 2 is 2.10 bits per heavy atom. The molecule has 1 aromatic heterocycles. The molecule has 5 nitrogen and oxygen atoms in total. The minimum Gasteiger partial charge on any atom is -0.345 e. The van der Waals surface area contributed by atoms with Crippen molar-refractivity contribution in [2.75, 3.05) is 33.7 Å². The summed E-state index contributed by atoms with van der Waals surface area (Å²) in [6.45, 7) is 10.8. The van der Waals surface area contributed by atoms with Crippen molar-refractivity contribution in [2.24, 2.45) is 0 Å². The van der Waals surface area contributed by atoms with E-state index < -0.39 is 0 Å². The van der Waals surface area contributed by atoms with Crippen LogP contribution in [0.5, 0.6) is 0 Å². The number of hydrogen-bond acceptors (Lipinski definition) is 4. The summed E-state index contributed by atoms with van der Waals surface area (Å²) in [7, 11) is 4.41. The number of likely N-dealkylation sites (N-methyl/N-ethyl adjacent to an activating group) is 2. The van der Waals surface area contributed by atoms with Gasteiger partial charge in [-0.25, -0.2) is 4.98 Å². The fourth-order valence-electron chi connectivity index (χ4n) is 2.50. The Kier molecular flexibility index (Phi) is 4.83. The summed E-state index contributed by atoms with van der Waals surface area (Å²) < 4.78 is 0. The molecule has 1 unspecified atom stereocenters. The summed E-state index contributed by atoms with van der Waals surface area (Å²) in [6, 6.07) is 0.559. The smallest absolute Gasteiger partial charge is 0.107 e. The van der Waals surface area contributed by atoms with Gasteiger partial charge in [0.05, 0.1) is 0 Å². The van der Waals surface area contributed by atoms with Crippen molar-refractivity contribution in [3.63, 3.8) is 0 Å². The van der Waals surface area contributed by atoms with Gasteiger partial charge in [0.2, 0.25) is 0 Å². The largest absolute Gasteiger partial charge is 0.345 e.